The van der Waals surface area contributed by atoms with E-state index in [4.69, 9.17) is 4.74 Å². The van der Waals surface area contributed by atoms with Crippen molar-refractivity contribution >= 4 is 17.6 Å². The molecule has 0 spiro atoms. The molecule has 0 bridgehead atoms. The number of halogens is 1. The van der Waals surface area contributed by atoms with Gasteiger partial charge in [0.1, 0.15) is 5.82 Å². The van der Waals surface area contributed by atoms with Crippen LogP contribution in [-0.4, -0.2) is 43.0 Å². The number of nitrogens with zero attached hydrogens (tertiary/aromatic N) is 1. The molecule has 0 aromatic heterocycles. The number of hydrogen-bond acceptors (Lipinski definition) is 4. The van der Waals surface area contributed by atoms with Crippen LogP contribution in [0.4, 0.5) is 10.1 Å². The highest BCUT2D eigenvalue weighted by Crippen LogP contribution is 2.34. The minimum Gasteiger partial charge on any atom is -0.469 e. The number of hydrogen-bond donors (Lipinski definition) is 1. The van der Waals surface area contributed by atoms with Crippen molar-refractivity contribution in [1.82, 2.24) is 4.90 Å². The quantitative estimate of drug-likeness (QED) is 0.850. The zero-order valence-corrected chi connectivity index (χ0v) is 14.5. The SMILES string of the molecule is COC(=O)[C@H]1CCC[C@H]1C(=O)N1CCC(Nc2ccccc2F)CC1. The summed E-state index contributed by atoms with van der Waals surface area (Å²) < 4.78 is 18.6. The topological polar surface area (TPSA) is 58.6 Å². The number of ether oxygens (including phenoxy) is 1. The zero-order chi connectivity index (χ0) is 17.8. The number of anilines is 1. The van der Waals surface area contributed by atoms with E-state index in [1.165, 1.54) is 13.2 Å². The van der Waals surface area contributed by atoms with Crippen molar-refractivity contribution in [2.75, 3.05) is 25.5 Å². The van der Waals surface area contributed by atoms with Crippen LogP contribution in [0.5, 0.6) is 0 Å². The molecule has 1 amide bonds. The van der Waals surface area contributed by atoms with Gasteiger partial charge in [0.05, 0.1) is 24.6 Å². The van der Waals surface area contributed by atoms with Crippen LogP contribution in [-0.2, 0) is 14.3 Å². The highest BCUT2D eigenvalue weighted by atomic mass is 19.1. The molecular formula is C19H25FN2O3. The van der Waals surface area contributed by atoms with Gasteiger partial charge in [-0.3, -0.25) is 9.59 Å². The number of carbonyl (C=O) groups is 2. The number of methoxy groups -OCH3 is 1. The van der Waals surface area contributed by atoms with Crippen molar-refractivity contribution in [1.29, 1.82) is 0 Å². The number of piperidine rings is 1. The molecule has 1 N–H and O–H groups in total. The second kappa shape index (κ2) is 7.85. The molecule has 25 heavy (non-hydrogen) atoms. The lowest BCUT2D eigenvalue weighted by molar-refractivity contribution is -0.152. The molecule has 2 aliphatic rings. The van der Waals surface area contributed by atoms with Crippen molar-refractivity contribution in [3.05, 3.63) is 30.1 Å². The number of carbonyl (C=O) groups excluding carboxylic acids is 2. The predicted octanol–water partition coefficient (Wildman–Crippen LogP) is 2.82. The Morgan fingerprint density at radius 3 is 2.48 bits per heavy atom. The number of likely N-dealkylation sites (tertiary alicyclic amines) is 1. The first-order chi connectivity index (χ1) is 12.1. The summed E-state index contributed by atoms with van der Waals surface area (Å²) in [6.07, 6.45) is 3.92. The van der Waals surface area contributed by atoms with Gasteiger partial charge in [0.15, 0.2) is 0 Å². The van der Waals surface area contributed by atoms with Gasteiger partial charge < -0.3 is 15.0 Å². The van der Waals surface area contributed by atoms with Crippen molar-refractivity contribution < 1.29 is 18.7 Å². The highest BCUT2D eigenvalue weighted by Gasteiger charge is 2.40. The Balaban J connectivity index is 1.54. The molecule has 1 aromatic rings. The van der Waals surface area contributed by atoms with E-state index < -0.39 is 0 Å². The van der Waals surface area contributed by atoms with E-state index in [1.807, 2.05) is 4.90 Å². The molecule has 1 saturated heterocycles. The molecular weight excluding hydrogens is 323 g/mol. The van der Waals surface area contributed by atoms with Gasteiger partial charge in [-0.1, -0.05) is 18.6 Å². The summed E-state index contributed by atoms with van der Waals surface area (Å²) in [4.78, 5) is 26.5. The molecule has 2 fully saturated rings. The van der Waals surface area contributed by atoms with Gasteiger partial charge in [0.2, 0.25) is 5.91 Å². The minimum atomic E-state index is -0.299. The van der Waals surface area contributed by atoms with Crippen LogP contribution in [0.3, 0.4) is 0 Å². The van der Waals surface area contributed by atoms with E-state index in [0.29, 0.717) is 18.8 Å². The Hall–Kier alpha value is -2.11. The predicted molar refractivity (Wildman–Crippen MR) is 92.5 cm³/mol. The Kier molecular flexibility index (Phi) is 5.56. The molecule has 0 unspecified atom stereocenters. The highest BCUT2D eigenvalue weighted by molar-refractivity contribution is 5.86. The van der Waals surface area contributed by atoms with Crippen LogP contribution in [0.1, 0.15) is 32.1 Å². The van der Waals surface area contributed by atoms with Crippen molar-refractivity contribution in [3.8, 4) is 0 Å². The van der Waals surface area contributed by atoms with Crippen LogP contribution in [0.15, 0.2) is 24.3 Å². The Morgan fingerprint density at radius 2 is 1.80 bits per heavy atom. The fourth-order valence-corrected chi connectivity index (χ4v) is 3.97. The molecule has 1 aromatic carbocycles. The van der Waals surface area contributed by atoms with E-state index in [2.05, 4.69) is 5.32 Å². The van der Waals surface area contributed by atoms with E-state index in [0.717, 1.165) is 32.1 Å². The molecule has 1 saturated carbocycles. The second-order valence-corrected chi connectivity index (χ2v) is 6.89. The number of benzene rings is 1. The largest absolute Gasteiger partial charge is 0.469 e. The van der Waals surface area contributed by atoms with Gasteiger partial charge in [-0.2, -0.15) is 0 Å². The zero-order valence-electron chi connectivity index (χ0n) is 14.5. The molecule has 6 heteroatoms. The van der Waals surface area contributed by atoms with Crippen molar-refractivity contribution in [2.24, 2.45) is 11.8 Å². The normalized spacial score (nSPS) is 24.2. The molecule has 5 nitrogen and oxygen atoms in total. The van der Waals surface area contributed by atoms with Gasteiger partial charge in [0, 0.05) is 19.1 Å². The van der Waals surface area contributed by atoms with E-state index >= 15 is 0 Å². The molecule has 1 aliphatic heterocycles. The van der Waals surface area contributed by atoms with Crippen LogP contribution >= 0.6 is 0 Å². The third kappa shape index (κ3) is 3.94. The van der Waals surface area contributed by atoms with Crippen LogP contribution in [0.25, 0.3) is 0 Å². The van der Waals surface area contributed by atoms with E-state index in [9.17, 15) is 14.0 Å². The average Bonchev–Trinajstić information content (AvgIpc) is 3.13. The van der Waals surface area contributed by atoms with E-state index in [-0.39, 0.29) is 35.6 Å². The summed E-state index contributed by atoms with van der Waals surface area (Å²) >= 11 is 0. The maximum Gasteiger partial charge on any atom is 0.309 e. The summed E-state index contributed by atoms with van der Waals surface area (Å²) in [6.45, 7) is 1.27. The van der Waals surface area contributed by atoms with Gasteiger partial charge in [-0.25, -0.2) is 4.39 Å². The summed E-state index contributed by atoms with van der Waals surface area (Å²) in [6, 6.07) is 6.79. The first-order valence-corrected chi connectivity index (χ1v) is 8.98. The summed E-state index contributed by atoms with van der Waals surface area (Å²) in [5.74, 6) is -1.01. The fraction of sp³-hybridized carbons (Fsp3) is 0.579. The third-order valence-corrected chi connectivity index (χ3v) is 5.38. The van der Waals surface area contributed by atoms with E-state index in [1.54, 1.807) is 18.2 Å². The van der Waals surface area contributed by atoms with Crippen LogP contribution in [0.2, 0.25) is 0 Å². The van der Waals surface area contributed by atoms with Crippen LogP contribution < -0.4 is 5.32 Å². The Morgan fingerprint density at radius 1 is 1.12 bits per heavy atom. The smallest absolute Gasteiger partial charge is 0.309 e. The number of amides is 1. The number of rotatable bonds is 4. The molecule has 1 heterocycles. The van der Waals surface area contributed by atoms with Gasteiger partial charge >= 0.3 is 5.97 Å². The summed E-state index contributed by atoms with van der Waals surface area (Å²) in [5, 5.41) is 3.23. The maximum absolute atomic E-state index is 13.7. The average molecular weight is 348 g/mol. The summed E-state index contributed by atoms with van der Waals surface area (Å²) in [7, 11) is 1.38. The van der Waals surface area contributed by atoms with Crippen molar-refractivity contribution in [3.63, 3.8) is 0 Å². The van der Waals surface area contributed by atoms with Crippen LogP contribution in [0, 0.1) is 17.7 Å². The minimum absolute atomic E-state index is 0.0669. The monoisotopic (exact) mass is 348 g/mol. The first-order valence-electron chi connectivity index (χ1n) is 8.98. The number of nitrogens with one attached hydrogen (secondary N) is 1. The standard InChI is InChI=1S/C19H25FN2O3/c1-25-19(24)15-6-4-5-14(15)18(23)22-11-9-13(10-12-22)21-17-8-3-2-7-16(17)20/h2-3,7-8,13-15,21H,4-6,9-12H2,1H3/t14-,15+/m1/s1. The molecule has 136 valence electrons. The lowest BCUT2D eigenvalue weighted by Gasteiger charge is -2.35. The molecule has 1 aliphatic carbocycles. The van der Waals surface area contributed by atoms with Gasteiger partial charge in [-0.05, 0) is 37.8 Å². The molecule has 3 rings (SSSR count). The van der Waals surface area contributed by atoms with Gasteiger partial charge in [-0.15, -0.1) is 0 Å². The van der Waals surface area contributed by atoms with Gasteiger partial charge in [0.25, 0.3) is 0 Å². The number of esters is 1. The molecule has 0 radical (unpaired) electrons. The summed E-state index contributed by atoms with van der Waals surface area (Å²) in [5.41, 5.74) is 0.508. The first kappa shape index (κ1) is 17.7. The lowest BCUT2D eigenvalue weighted by atomic mass is 9.93. The Labute approximate surface area is 147 Å². The number of para-hydroxylation sites is 1. The van der Waals surface area contributed by atoms with Crippen molar-refractivity contribution in [2.45, 2.75) is 38.1 Å². The third-order valence-electron chi connectivity index (χ3n) is 5.38. The lowest BCUT2D eigenvalue weighted by Crippen LogP contribution is -2.46. The maximum atomic E-state index is 13.7. The molecule has 2 atom stereocenters. The Bertz CT molecular complexity index is 629. The fourth-order valence-electron chi connectivity index (χ4n) is 3.97. The second-order valence-electron chi connectivity index (χ2n) is 6.89.